The Bertz CT molecular complexity index is 1370. The first kappa shape index (κ1) is 28.9. The maximum atomic E-state index is 13.5. The van der Waals surface area contributed by atoms with Gasteiger partial charge in [0.05, 0.1) is 11.0 Å². The number of urea groups is 1. The summed E-state index contributed by atoms with van der Waals surface area (Å²) in [5, 5.41) is 4.03. The van der Waals surface area contributed by atoms with Crippen molar-refractivity contribution < 1.29 is 22.8 Å². The molecular formula is C29H36F3N7O2S. The molecule has 2 N–H and O–H groups in total. The van der Waals surface area contributed by atoms with E-state index in [4.69, 9.17) is 4.98 Å². The smallest absolute Gasteiger partial charge is 0.370 e. The molecule has 3 amide bonds. The number of amides is 3. The van der Waals surface area contributed by atoms with Gasteiger partial charge in [0.2, 0.25) is 0 Å². The highest BCUT2D eigenvalue weighted by Crippen LogP contribution is 2.60. The first-order valence-corrected chi connectivity index (χ1v) is 15.4. The Morgan fingerprint density at radius 3 is 2.67 bits per heavy atom. The fourth-order valence-corrected chi connectivity index (χ4v) is 7.03. The van der Waals surface area contributed by atoms with E-state index >= 15 is 0 Å². The molecule has 13 heteroatoms. The van der Waals surface area contributed by atoms with Crippen molar-refractivity contribution in [2.24, 2.45) is 11.3 Å². The van der Waals surface area contributed by atoms with Gasteiger partial charge in [-0.25, -0.2) is 14.8 Å². The molecule has 1 aliphatic carbocycles. The molecule has 0 unspecified atom stereocenters. The van der Waals surface area contributed by atoms with Crippen molar-refractivity contribution >= 4 is 41.3 Å². The van der Waals surface area contributed by atoms with E-state index in [1.807, 2.05) is 18.2 Å². The second-order valence-electron chi connectivity index (χ2n) is 12.4. The Morgan fingerprint density at radius 2 is 1.90 bits per heavy atom. The van der Waals surface area contributed by atoms with Crippen molar-refractivity contribution in [2.75, 3.05) is 47.8 Å². The molecule has 42 heavy (non-hydrogen) atoms. The molecule has 3 fully saturated rings. The molecule has 5 heterocycles. The van der Waals surface area contributed by atoms with Crippen molar-refractivity contribution in [1.82, 2.24) is 19.6 Å². The minimum atomic E-state index is -4.24. The highest BCUT2D eigenvalue weighted by molar-refractivity contribution is 7.97. The van der Waals surface area contributed by atoms with Crippen molar-refractivity contribution in [3.05, 3.63) is 35.9 Å². The summed E-state index contributed by atoms with van der Waals surface area (Å²) in [4.78, 5) is 41.5. The van der Waals surface area contributed by atoms with E-state index < -0.39 is 11.6 Å². The lowest BCUT2D eigenvalue weighted by atomic mass is 9.93. The standard InChI is InChI=1S/C29H36F3N7O2S/c1-27(2)17-19-5-4-13-33-21-6-3-7-23(34-21)42-36-25(40)20-8-9-22(35-24(20)39(27)18-19)38-16-15-37(26(38)41)14-12-28(10-11-28)29(30,31)32/h3,6-9,19H,4-5,10-18H2,1-2H3,(H,33,34)(H,36,40)/t19-/m0/s1. The van der Waals surface area contributed by atoms with Crippen molar-refractivity contribution in [3.8, 4) is 0 Å². The normalized spacial score (nSPS) is 23.5. The van der Waals surface area contributed by atoms with Crippen LogP contribution in [-0.2, 0) is 0 Å². The maximum Gasteiger partial charge on any atom is 0.394 e. The molecule has 0 aromatic carbocycles. The number of carbonyl (C=O) groups excluding carboxylic acids is 2. The molecule has 0 spiro atoms. The Morgan fingerprint density at radius 1 is 1.10 bits per heavy atom. The fourth-order valence-electron chi connectivity index (χ4n) is 6.43. The average Bonchev–Trinajstić information content (AvgIpc) is 3.58. The Kier molecular flexibility index (Phi) is 7.43. The van der Waals surface area contributed by atoms with Crippen LogP contribution in [0.4, 0.5) is 35.4 Å². The molecule has 0 radical (unpaired) electrons. The van der Waals surface area contributed by atoms with E-state index in [2.05, 4.69) is 33.8 Å². The van der Waals surface area contributed by atoms with E-state index in [-0.39, 0.29) is 43.3 Å². The highest BCUT2D eigenvalue weighted by atomic mass is 32.2. The van der Waals surface area contributed by atoms with Gasteiger partial charge >= 0.3 is 12.2 Å². The lowest BCUT2D eigenvalue weighted by Crippen LogP contribution is -2.41. The van der Waals surface area contributed by atoms with Crippen LogP contribution in [0, 0.1) is 11.3 Å². The third-order valence-corrected chi connectivity index (χ3v) is 9.80. The zero-order valence-corrected chi connectivity index (χ0v) is 24.7. The summed E-state index contributed by atoms with van der Waals surface area (Å²) in [5.41, 5.74) is -1.52. The summed E-state index contributed by atoms with van der Waals surface area (Å²) in [7, 11) is 0. The number of alkyl halides is 3. The number of fused-ring (bicyclic) bond motifs is 6. The summed E-state index contributed by atoms with van der Waals surface area (Å²) < 4.78 is 43.2. The molecule has 226 valence electrons. The van der Waals surface area contributed by atoms with Crippen LogP contribution < -0.4 is 19.8 Å². The highest BCUT2D eigenvalue weighted by Gasteiger charge is 2.62. The summed E-state index contributed by atoms with van der Waals surface area (Å²) >= 11 is 1.13. The monoisotopic (exact) mass is 603 g/mol. The van der Waals surface area contributed by atoms with Crippen LogP contribution in [0.25, 0.3) is 0 Å². The minimum Gasteiger partial charge on any atom is -0.370 e. The van der Waals surface area contributed by atoms with Gasteiger partial charge in [-0.05, 0) is 82.6 Å². The largest absolute Gasteiger partial charge is 0.394 e. The number of pyridine rings is 2. The molecule has 2 aromatic rings. The topological polar surface area (TPSA) is 93.7 Å². The molecule has 2 aromatic heterocycles. The Labute approximate surface area is 247 Å². The van der Waals surface area contributed by atoms with E-state index in [0.717, 1.165) is 50.1 Å². The molecule has 6 rings (SSSR count). The predicted octanol–water partition coefficient (Wildman–Crippen LogP) is 5.70. The van der Waals surface area contributed by atoms with Gasteiger partial charge in [0.1, 0.15) is 22.5 Å². The van der Waals surface area contributed by atoms with Gasteiger partial charge in [-0.1, -0.05) is 6.07 Å². The van der Waals surface area contributed by atoms with Crippen LogP contribution in [0.1, 0.15) is 62.7 Å². The third-order valence-electron chi connectivity index (χ3n) is 9.07. The van der Waals surface area contributed by atoms with Gasteiger partial charge in [0, 0.05) is 50.2 Å². The maximum absolute atomic E-state index is 13.5. The van der Waals surface area contributed by atoms with Crippen LogP contribution in [0.5, 0.6) is 0 Å². The van der Waals surface area contributed by atoms with Crippen LogP contribution >= 0.6 is 11.9 Å². The molecule has 4 aliphatic rings. The number of nitrogens with zero attached hydrogens (tertiary/aromatic N) is 5. The Balaban J connectivity index is 1.26. The van der Waals surface area contributed by atoms with Crippen LogP contribution in [0.2, 0.25) is 0 Å². The molecule has 2 saturated heterocycles. The van der Waals surface area contributed by atoms with Gasteiger partial charge in [0.25, 0.3) is 5.91 Å². The number of nitrogens with one attached hydrogen (secondary N) is 2. The molecule has 1 saturated carbocycles. The number of hydrogen-bond acceptors (Lipinski definition) is 7. The number of halogens is 3. The Hall–Kier alpha value is -3.22. The van der Waals surface area contributed by atoms with Gasteiger partial charge in [0.15, 0.2) is 0 Å². The first-order valence-electron chi connectivity index (χ1n) is 14.6. The lowest BCUT2D eigenvalue weighted by Gasteiger charge is -2.34. The van der Waals surface area contributed by atoms with Crippen molar-refractivity contribution in [2.45, 2.75) is 69.1 Å². The number of rotatable bonds is 4. The van der Waals surface area contributed by atoms with Crippen molar-refractivity contribution in [1.29, 1.82) is 0 Å². The number of aromatic nitrogens is 2. The van der Waals surface area contributed by atoms with Gasteiger partial charge in [-0.15, -0.1) is 0 Å². The third kappa shape index (κ3) is 5.59. The zero-order chi connectivity index (χ0) is 29.7. The molecule has 1 atom stereocenters. The van der Waals surface area contributed by atoms with Crippen molar-refractivity contribution in [3.63, 3.8) is 0 Å². The average molecular weight is 604 g/mol. The molecular weight excluding hydrogens is 567 g/mol. The number of hydrogen-bond donors (Lipinski definition) is 2. The van der Waals surface area contributed by atoms with E-state index in [1.54, 1.807) is 12.1 Å². The lowest BCUT2D eigenvalue weighted by molar-refractivity contribution is -0.189. The van der Waals surface area contributed by atoms with Crippen LogP contribution in [0.3, 0.4) is 0 Å². The number of carbonyl (C=O) groups is 2. The summed E-state index contributed by atoms with van der Waals surface area (Å²) in [6.07, 6.45) is -1.17. The second-order valence-corrected chi connectivity index (χ2v) is 13.3. The molecule has 9 nitrogen and oxygen atoms in total. The molecule has 4 bridgehead atoms. The van der Waals surface area contributed by atoms with Crippen LogP contribution in [0.15, 0.2) is 35.4 Å². The zero-order valence-electron chi connectivity index (χ0n) is 23.8. The van der Waals surface area contributed by atoms with Crippen LogP contribution in [-0.4, -0.2) is 71.2 Å². The van der Waals surface area contributed by atoms with E-state index in [0.29, 0.717) is 41.2 Å². The summed E-state index contributed by atoms with van der Waals surface area (Å²) in [6, 6.07) is 8.62. The SMILES string of the molecule is CC1(C)C[C@@H]2CCCNc3cccc(n3)SNC(=O)c3ccc(N4CCN(CCC5(C(F)(F)F)CC5)C4=O)nc3N1C2. The van der Waals surface area contributed by atoms with E-state index in [1.165, 1.54) is 9.80 Å². The van der Waals surface area contributed by atoms with Gasteiger partial charge in [-0.3, -0.25) is 14.4 Å². The fraction of sp³-hybridized carbons (Fsp3) is 0.586. The number of anilines is 3. The minimum absolute atomic E-state index is 0.0599. The van der Waals surface area contributed by atoms with Gasteiger partial charge in [-0.2, -0.15) is 13.2 Å². The first-order chi connectivity index (χ1) is 20.0. The second kappa shape index (κ2) is 10.8. The predicted molar refractivity (Wildman–Crippen MR) is 156 cm³/mol. The van der Waals surface area contributed by atoms with E-state index in [9.17, 15) is 22.8 Å². The quantitative estimate of drug-likeness (QED) is 0.433. The molecule has 3 aliphatic heterocycles. The van der Waals surface area contributed by atoms with Gasteiger partial charge < -0.3 is 15.1 Å². The summed E-state index contributed by atoms with van der Waals surface area (Å²) in [6.45, 7) is 6.52. The summed E-state index contributed by atoms with van der Waals surface area (Å²) in [5.74, 6) is 1.75.